The zero-order valence-corrected chi connectivity index (χ0v) is 12.7. The predicted molar refractivity (Wildman–Crippen MR) is 80.7 cm³/mol. The Balaban J connectivity index is 2.07. The lowest BCUT2D eigenvalue weighted by Gasteiger charge is -2.16. The van der Waals surface area contributed by atoms with E-state index in [1.165, 1.54) is 0 Å². The van der Waals surface area contributed by atoms with E-state index in [0.717, 1.165) is 24.4 Å². The van der Waals surface area contributed by atoms with Crippen molar-refractivity contribution in [2.75, 3.05) is 0 Å². The van der Waals surface area contributed by atoms with E-state index in [1.54, 1.807) is 12.4 Å². The molecular formula is C13H17Cl2N5. The Kier molecular flexibility index (Phi) is 5.37. The molecule has 1 aromatic carbocycles. The maximum Gasteiger partial charge on any atom is 0.138 e. The van der Waals surface area contributed by atoms with Gasteiger partial charge in [-0.05, 0) is 31.0 Å². The predicted octanol–water partition coefficient (Wildman–Crippen LogP) is 2.22. The number of nitrogens with one attached hydrogen (secondary N) is 1. The average molecular weight is 314 g/mol. The summed E-state index contributed by atoms with van der Waals surface area (Å²) in [6.07, 6.45) is 3.00. The summed E-state index contributed by atoms with van der Waals surface area (Å²) < 4.78 is 1.86. The fourth-order valence-electron chi connectivity index (χ4n) is 2.07. The first-order valence-electron chi connectivity index (χ1n) is 6.40. The third kappa shape index (κ3) is 3.70. The molecule has 0 aliphatic rings. The maximum atomic E-state index is 6.02. The standard InChI is InChI=1S/C13H17Cl2N5/c1-2-20-13(17-8-18-20)7-10(19-16)5-9-3-4-11(14)12(15)6-9/h3-4,6,8,10,19H,2,5,7,16H2,1H3. The highest BCUT2D eigenvalue weighted by molar-refractivity contribution is 6.42. The van der Waals surface area contributed by atoms with Crippen molar-refractivity contribution in [2.24, 2.45) is 5.84 Å². The number of nitrogens with zero attached hydrogens (tertiary/aromatic N) is 3. The van der Waals surface area contributed by atoms with Gasteiger partial charge in [-0.15, -0.1) is 0 Å². The van der Waals surface area contributed by atoms with E-state index in [9.17, 15) is 0 Å². The molecule has 1 atom stereocenters. The number of aromatic nitrogens is 3. The third-order valence-corrected chi connectivity index (χ3v) is 3.87. The van der Waals surface area contributed by atoms with Gasteiger partial charge in [0.05, 0.1) is 10.0 Å². The number of rotatable bonds is 6. The van der Waals surface area contributed by atoms with Gasteiger partial charge in [0.1, 0.15) is 12.2 Å². The molecule has 108 valence electrons. The molecule has 7 heteroatoms. The second-order valence-corrected chi connectivity index (χ2v) is 5.33. The lowest BCUT2D eigenvalue weighted by Crippen LogP contribution is -2.39. The van der Waals surface area contributed by atoms with Gasteiger partial charge in [0.2, 0.25) is 0 Å². The van der Waals surface area contributed by atoms with E-state index in [1.807, 2.05) is 23.7 Å². The highest BCUT2D eigenvalue weighted by Gasteiger charge is 2.13. The monoisotopic (exact) mass is 313 g/mol. The highest BCUT2D eigenvalue weighted by Crippen LogP contribution is 2.23. The van der Waals surface area contributed by atoms with Crippen LogP contribution >= 0.6 is 23.2 Å². The van der Waals surface area contributed by atoms with Gasteiger partial charge in [-0.3, -0.25) is 16.0 Å². The minimum atomic E-state index is 0.0572. The molecule has 0 amide bonds. The fraction of sp³-hybridized carbons (Fsp3) is 0.385. The molecule has 1 aromatic heterocycles. The van der Waals surface area contributed by atoms with Crippen molar-refractivity contribution in [3.63, 3.8) is 0 Å². The van der Waals surface area contributed by atoms with Gasteiger partial charge in [-0.2, -0.15) is 5.10 Å². The lowest BCUT2D eigenvalue weighted by molar-refractivity contribution is 0.490. The molecule has 0 saturated carbocycles. The molecule has 2 rings (SSSR count). The van der Waals surface area contributed by atoms with Gasteiger partial charge < -0.3 is 0 Å². The van der Waals surface area contributed by atoms with Crippen molar-refractivity contribution in [1.29, 1.82) is 0 Å². The summed E-state index contributed by atoms with van der Waals surface area (Å²) in [4.78, 5) is 4.26. The van der Waals surface area contributed by atoms with E-state index >= 15 is 0 Å². The van der Waals surface area contributed by atoms with E-state index in [-0.39, 0.29) is 6.04 Å². The summed E-state index contributed by atoms with van der Waals surface area (Å²) in [6, 6.07) is 5.66. The van der Waals surface area contributed by atoms with Crippen molar-refractivity contribution in [2.45, 2.75) is 32.4 Å². The van der Waals surface area contributed by atoms with Gasteiger partial charge in [0.25, 0.3) is 0 Å². The zero-order valence-electron chi connectivity index (χ0n) is 11.2. The molecule has 0 aliphatic carbocycles. The van der Waals surface area contributed by atoms with Crippen LogP contribution in [-0.4, -0.2) is 20.8 Å². The molecule has 0 radical (unpaired) electrons. The normalized spacial score (nSPS) is 12.6. The van der Waals surface area contributed by atoms with Crippen LogP contribution in [-0.2, 0) is 19.4 Å². The van der Waals surface area contributed by atoms with Crippen LogP contribution in [0.2, 0.25) is 10.0 Å². The van der Waals surface area contributed by atoms with Crippen LogP contribution in [0.25, 0.3) is 0 Å². The van der Waals surface area contributed by atoms with Crippen LogP contribution in [0.1, 0.15) is 18.3 Å². The summed E-state index contributed by atoms with van der Waals surface area (Å²) in [5.41, 5.74) is 3.89. The van der Waals surface area contributed by atoms with Gasteiger partial charge in [-0.25, -0.2) is 4.98 Å². The third-order valence-electron chi connectivity index (χ3n) is 3.13. The molecule has 0 bridgehead atoms. The minimum Gasteiger partial charge on any atom is -0.271 e. The second-order valence-electron chi connectivity index (χ2n) is 4.51. The molecule has 0 spiro atoms. The van der Waals surface area contributed by atoms with Gasteiger partial charge in [-0.1, -0.05) is 29.3 Å². The fourth-order valence-corrected chi connectivity index (χ4v) is 2.39. The molecule has 5 nitrogen and oxygen atoms in total. The summed E-state index contributed by atoms with van der Waals surface area (Å²) in [6.45, 7) is 2.82. The number of benzene rings is 1. The van der Waals surface area contributed by atoms with Crippen LogP contribution in [0.4, 0.5) is 0 Å². The first-order valence-corrected chi connectivity index (χ1v) is 7.16. The highest BCUT2D eigenvalue weighted by atomic mass is 35.5. The number of halogens is 2. The Labute approximate surface area is 128 Å². The van der Waals surface area contributed by atoms with Crippen LogP contribution < -0.4 is 11.3 Å². The number of hydrazine groups is 1. The van der Waals surface area contributed by atoms with Crippen LogP contribution in [0, 0.1) is 0 Å². The molecule has 3 N–H and O–H groups in total. The van der Waals surface area contributed by atoms with Crippen LogP contribution in [0.3, 0.4) is 0 Å². The summed E-state index contributed by atoms with van der Waals surface area (Å²) >= 11 is 11.9. The molecule has 1 unspecified atom stereocenters. The van der Waals surface area contributed by atoms with Crippen molar-refractivity contribution in [3.05, 3.63) is 46.0 Å². The van der Waals surface area contributed by atoms with E-state index in [0.29, 0.717) is 16.5 Å². The number of hydrogen-bond donors (Lipinski definition) is 2. The van der Waals surface area contributed by atoms with E-state index in [4.69, 9.17) is 29.0 Å². The van der Waals surface area contributed by atoms with Crippen molar-refractivity contribution in [3.8, 4) is 0 Å². The Bertz CT molecular complexity index is 570. The Hall–Kier alpha value is -1.14. The summed E-state index contributed by atoms with van der Waals surface area (Å²) in [5.74, 6) is 6.54. The smallest absolute Gasteiger partial charge is 0.138 e. The van der Waals surface area contributed by atoms with E-state index < -0.39 is 0 Å². The van der Waals surface area contributed by atoms with Crippen LogP contribution in [0.5, 0.6) is 0 Å². The molecule has 1 heterocycles. The Morgan fingerprint density at radius 2 is 2.10 bits per heavy atom. The number of nitrogens with two attached hydrogens (primary N) is 1. The molecule has 0 aliphatic heterocycles. The molecule has 2 aromatic rings. The maximum absolute atomic E-state index is 6.02. The Morgan fingerprint density at radius 3 is 2.75 bits per heavy atom. The Morgan fingerprint density at radius 1 is 1.30 bits per heavy atom. The molecule has 0 fully saturated rings. The minimum absolute atomic E-state index is 0.0572. The quantitative estimate of drug-likeness (QED) is 0.634. The van der Waals surface area contributed by atoms with Gasteiger partial charge in [0, 0.05) is 19.0 Å². The van der Waals surface area contributed by atoms with Crippen LogP contribution in [0.15, 0.2) is 24.5 Å². The largest absolute Gasteiger partial charge is 0.271 e. The average Bonchev–Trinajstić information content (AvgIpc) is 2.89. The van der Waals surface area contributed by atoms with Crippen molar-refractivity contribution in [1.82, 2.24) is 20.2 Å². The van der Waals surface area contributed by atoms with Gasteiger partial charge in [0.15, 0.2) is 0 Å². The zero-order chi connectivity index (χ0) is 14.5. The molecular weight excluding hydrogens is 297 g/mol. The molecule has 20 heavy (non-hydrogen) atoms. The number of aryl methyl sites for hydroxylation is 1. The topological polar surface area (TPSA) is 68.8 Å². The summed E-state index contributed by atoms with van der Waals surface area (Å²) in [7, 11) is 0. The first-order chi connectivity index (χ1) is 9.63. The lowest BCUT2D eigenvalue weighted by atomic mass is 10.0. The first kappa shape index (κ1) is 15.3. The van der Waals surface area contributed by atoms with Crippen molar-refractivity contribution < 1.29 is 0 Å². The van der Waals surface area contributed by atoms with E-state index in [2.05, 4.69) is 15.5 Å². The van der Waals surface area contributed by atoms with Gasteiger partial charge >= 0.3 is 0 Å². The summed E-state index contributed by atoms with van der Waals surface area (Å²) in [5, 5.41) is 5.26. The second kappa shape index (κ2) is 7.04. The van der Waals surface area contributed by atoms with Crippen molar-refractivity contribution >= 4 is 23.2 Å². The molecule has 0 saturated heterocycles. The SMILES string of the molecule is CCn1ncnc1CC(Cc1ccc(Cl)c(Cl)c1)NN. The number of hydrogen-bond acceptors (Lipinski definition) is 4.